The second-order valence-corrected chi connectivity index (χ2v) is 5.36. The van der Waals surface area contributed by atoms with Crippen molar-refractivity contribution in [1.82, 2.24) is 15.7 Å². The Morgan fingerprint density at radius 1 is 1.12 bits per heavy atom. The Bertz CT molecular complexity index is 740. The molecule has 0 bridgehead atoms. The number of nitrogens with one attached hydrogen (secondary N) is 2. The highest BCUT2D eigenvalue weighted by atomic mass is 16.5. The molecular formula is C18H20N4O3. The Morgan fingerprint density at radius 3 is 2.48 bits per heavy atom. The van der Waals surface area contributed by atoms with Gasteiger partial charge in [0.1, 0.15) is 5.75 Å². The first-order valence-electron chi connectivity index (χ1n) is 7.74. The lowest BCUT2D eigenvalue weighted by atomic mass is 10.1. The van der Waals surface area contributed by atoms with Gasteiger partial charge in [0, 0.05) is 12.4 Å². The molecule has 7 nitrogen and oxygen atoms in total. The van der Waals surface area contributed by atoms with E-state index in [2.05, 4.69) is 20.8 Å². The second kappa shape index (κ2) is 9.17. The van der Waals surface area contributed by atoms with E-state index in [0.29, 0.717) is 5.75 Å². The molecule has 0 aliphatic heterocycles. The van der Waals surface area contributed by atoms with Crippen LogP contribution >= 0.6 is 0 Å². The van der Waals surface area contributed by atoms with Gasteiger partial charge >= 0.3 is 0 Å². The highest BCUT2D eigenvalue weighted by Gasteiger charge is 2.08. The summed E-state index contributed by atoms with van der Waals surface area (Å²) in [6, 6.07) is 9.25. The van der Waals surface area contributed by atoms with E-state index in [0.717, 1.165) is 16.7 Å². The van der Waals surface area contributed by atoms with Crippen molar-refractivity contribution in [3.63, 3.8) is 0 Å². The first kappa shape index (κ1) is 18.1. The minimum absolute atomic E-state index is 0.154. The fraction of sp³-hybridized carbons (Fsp3) is 0.222. The number of para-hydroxylation sites is 1. The van der Waals surface area contributed by atoms with Crippen molar-refractivity contribution in [3.8, 4) is 5.75 Å². The van der Waals surface area contributed by atoms with Crippen molar-refractivity contribution in [2.24, 2.45) is 5.10 Å². The van der Waals surface area contributed by atoms with E-state index in [1.54, 1.807) is 24.5 Å². The fourth-order valence-corrected chi connectivity index (χ4v) is 2.06. The zero-order valence-electron chi connectivity index (χ0n) is 14.2. The van der Waals surface area contributed by atoms with Crippen LogP contribution in [0.15, 0.2) is 47.8 Å². The van der Waals surface area contributed by atoms with Crippen molar-refractivity contribution < 1.29 is 14.3 Å². The smallest absolute Gasteiger partial charge is 0.259 e. The number of aromatic nitrogens is 1. The van der Waals surface area contributed by atoms with Crippen LogP contribution in [0.2, 0.25) is 0 Å². The largest absolute Gasteiger partial charge is 0.483 e. The van der Waals surface area contributed by atoms with Crippen LogP contribution in [0.5, 0.6) is 5.75 Å². The number of aryl methyl sites for hydroxylation is 2. The molecule has 0 saturated heterocycles. The number of ether oxygens (including phenoxy) is 1. The van der Waals surface area contributed by atoms with E-state index < -0.39 is 5.91 Å². The van der Waals surface area contributed by atoms with Crippen LogP contribution in [-0.4, -0.2) is 36.2 Å². The quantitative estimate of drug-likeness (QED) is 0.588. The maximum absolute atomic E-state index is 11.8. The minimum Gasteiger partial charge on any atom is -0.483 e. The predicted molar refractivity (Wildman–Crippen MR) is 94.4 cm³/mol. The SMILES string of the molecule is Cc1cccc(C)c1OCC(=O)NCC(=O)NN=Cc1ccncc1. The molecule has 1 heterocycles. The average molecular weight is 340 g/mol. The number of carbonyl (C=O) groups excluding carboxylic acids is 2. The highest BCUT2D eigenvalue weighted by molar-refractivity contribution is 5.86. The molecule has 2 amide bonds. The summed E-state index contributed by atoms with van der Waals surface area (Å²) in [5, 5.41) is 6.28. The number of pyridine rings is 1. The number of hydrazone groups is 1. The van der Waals surface area contributed by atoms with Crippen LogP contribution in [0.1, 0.15) is 16.7 Å². The summed E-state index contributed by atoms with van der Waals surface area (Å²) in [7, 11) is 0. The van der Waals surface area contributed by atoms with Crippen LogP contribution in [0, 0.1) is 13.8 Å². The molecule has 130 valence electrons. The summed E-state index contributed by atoms with van der Waals surface area (Å²) in [5.41, 5.74) is 5.05. The maximum Gasteiger partial charge on any atom is 0.259 e. The molecular weight excluding hydrogens is 320 g/mol. The number of amides is 2. The van der Waals surface area contributed by atoms with Crippen LogP contribution in [0.3, 0.4) is 0 Å². The minimum atomic E-state index is -0.425. The molecule has 0 unspecified atom stereocenters. The Morgan fingerprint density at radius 2 is 1.80 bits per heavy atom. The Balaban J connectivity index is 1.71. The van der Waals surface area contributed by atoms with E-state index in [1.165, 1.54) is 6.21 Å². The molecule has 1 aromatic heterocycles. The second-order valence-electron chi connectivity index (χ2n) is 5.36. The summed E-state index contributed by atoms with van der Waals surface area (Å²) in [6.45, 7) is 3.49. The zero-order chi connectivity index (χ0) is 18.1. The van der Waals surface area contributed by atoms with E-state index in [4.69, 9.17) is 4.74 Å². The topological polar surface area (TPSA) is 92.7 Å². The van der Waals surface area contributed by atoms with E-state index in [9.17, 15) is 9.59 Å². The third kappa shape index (κ3) is 6.06. The lowest BCUT2D eigenvalue weighted by Crippen LogP contribution is -2.37. The number of carbonyl (C=O) groups is 2. The molecule has 7 heteroatoms. The maximum atomic E-state index is 11.8. The van der Waals surface area contributed by atoms with Gasteiger partial charge in [-0.25, -0.2) is 5.43 Å². The first-order valence-corrected chi connectivity index (χ1v) is 7.74. The van der Waals surface area contributed by atoms with Gasteiger partial charge in [-0.2, -0.15) is 5.10 Å². The molecule has 2 aromatic rings. The van der Waals surface area contributed by atoms with Crippen molar-refractivity contribution in [2.75, 3.05) is 13.2 Å². The van der Waals surface area contributed by atoms with E-state index in [1.807, 2.05) is 32.0 Å². The van der Waals surface area contributed by atoms with Gasteiger partial charge in [-0.3, -0.25) is 14.6 Å². The van der Waals surface area contributed by atoms with E-state index in [-0.39, 0.29) is 19.1 Å². The lowest BCUT2D eigenvalue weighted by molar-refractivity contribution is -0.127. The van der Waals surface area contributed by atoms with Crippen LogP contribution in [0.25, 0.3) is 0 Å². The Hall–Kier alpha value is -3.22. The average Bonchev–Trinajstić information content (AvgIpc) is 2.60. The summed E-state index contributed by atoms with van der Waals surface area (Å²) < 4.78 is 5.52. The predicted octanol–water partition coefficient (Wildman–Crippen LogP) is 1.34. The standard InChI is InChI=1S/C18H20N4O3/c1-13-4-3-5-14(2)18(13)25-12-17(24)20-11-16(23)22-21-10-15-6-8-19-9-7-15/h3-10H,11-12H2,1-2H3,(H,20,24)(H,22,23). The number of benzene rings is 1. The van der Waals surface area contributed by atoms with Gasteiger partial charge in [0.2, 0.25) is 0 Å². The molecule has 0 fully saturated rings. The lowest BCUT2D eigenvalue weighted by Gasteiger charge is -2.11. The van der Waals surface area contributed by atoms with Crippen LogP contribution < -0.4 is 15.5 Å². The van der Waals surface area contributed by atoms with Gasteiger partial charge in [0.25, 0.3) is 11.8 Å². The van der Waals surface area contributed by atoms with Crippen molar-refractivity contribution in [3.05, 3.63) is 59.4 Å². The number of hydrogen-bond acceptors (Lipinski definition) is 5. The number of rotatable bonds is 7. The Labute approximate surface area is 146 Å². The monoisotopic (exact) mass is 340 g/mol. The van der Waals surface area contributed by atoms with Crippen molar-refractivity contribution in [2.45, 2.75) is 13.8 Å². The molecule has 0 saturated carbocycles. The van der Waals surface area contributed by atoms with Crippen LogP contribution in [-0.2, 0) is 9.59 Å². The van der Waals surface area contributed by atoms with Gasteiger partial charge in [-0.15, -0.1) is 0 Å². The fourth-order valence-electron chi connectivity index (χ4n) is 2.06. The molecule has 2 N–H and O–H groups in total. The van der Waals surface area contributed by atoms with Crippen molar-refractivity contribution in [1.29, 1.82) is 0 Å². The summed E-state index contributed by atoms with van der Waals surface area (Å²) in [6.07, 6.45) is 4.74. The van der Waals surface area contributed by atoms with Gasteiger partial charge < -0.3 is 10.1 Å². The first-order chi connectivity index (χ1) is 12.1. The zero-order valence-corrected chi connectivity index (χ0v) is 14.2. The van der Waals surface area contributed by atoms with Gasteiger partial charge in [0.15, 0.2) is 6.61 Å². The van der Waals surface area contributed by atoms with E-state index >= 15 is 0 Å². The highest BCUT2D eigenvalue weighted by Crippen LogP contribution is 2.21. The van der Waals surface area contributed by atoms with Gasteiger partial charge in [0.05, 0.1) is 12.8 Å². The van der Waals surface area contributed by atoms with Crippen LogP contribution in [0.4, 0.5) is 0 Å². The molecule has 2 rings (SSSR count). The molecule has 25 heavy (non-hydrogen) atoms. The normalized spacial score (nSPS) is 10.5. The third-order valence-electron chi connectivity index (χ3n) is 3.31. The Kier molecular flexibility index (Phi) is 6.65. The summed E-state index contributed by atoms with van der Waals surface area (Å²) >= 11 is 0. The molecule has 0 aliphatic carbocycles. The van der Waals surface area contributed by atoms with Crippen molar-refractivity contribution >= 4 is 18.0 Å². The van der Waals surface area contributed by atoms with Gasteiger partial charge in [-0.1, -0.05) is 18.2 Å². The molecule has 0 radical (unpaired) electrons. The number of nitrogens with zero attached hydrogens (tertiary/aromatic N) is 2. The molecule has 0 aliphatic rings. The summed E-state index contributed by atoms with van der Waals surface area (Å²) in [5.74, 6) is -0.120. The van der Waals surface area contributed by atoms with Gasteiger partial charge in [-0.05, 0) is 42.7 Å². The number of hydrogen-bond donors (Lipinski definition) is 2. The summed E-state index contributed by atoms with van der Waals surface area (Å²) in [4.78, 5) is 27.3. The molecule has 0 spiro atoms. The molecule has 1 aromatic carbocycles. The third-order valence-corrected chi connectivity index (χ3v) is 3.31. The molecule has 0 atom stereocenters.